The Bertz CT molecular complexity index is 1560. The second-order valence-corrected chi connectivity index (χ2v) is 10.6. The number of fused-ring (bicyclic) bond motifs is 2. The van der Waals surface area contributed by atoms with Crippen molar-refractivity contribution in [1.29, 1.82) is 0 Å². The zero-order valence-electron chi connectivity index (χ0n) is 17.8. The lowest BCUT2D eigenvalue weighted by Gasteiger charge is -2.12. The Morgan fingerprint density at radius 3 is 2.72 bits per heavy atom. The van der Waals surface area contributed by atoms with E-state index in [4.69, 9.17) is 0 Å². The van der Waals surface area contributed by atoms with Crippen molar-refractivity contribution in [3.05, 3.63) is 83.9 Å². The molecule has 0 atom stereocenters. The van der Waals surface area contributed by atoms with Gasteiger partial charge in [-0.15, -0.1) is 11.3 Å². The molecule has 0 spiro atoms. The van der Waals surface area contributed by atoms with E-state index in [0.717, 1.165) is 24.9 Å². The third kappa shape index (κ3) is 3.62. The molecule has 32 heavy (non-hydrogen) atoms. The van der Waals surface area contributed by atoms with Crippen molar-refractivity contribution in [2.75, 3.05) is 11.9 Å². The highest BCUT2D eigenvalue weighted by Gasteiger charge is 2.20. The largest absolute Gasteiger partial charge is 0.338 e. The van der Waals surface area contributed by atoms with Crippen molar-refractivity contribution in [3.63, 3.8) is 0 Å². The highest BCUT2D eigenvalue weighted by Crippen LogP contribution is 2.44. The molecule has 0 aliphatic carbocycles. The van der Waals surface area contributed by atoms with E-state index < -0.39 is 0 Å². The van der Waals surface area contributed by atoms with Gasteiger partial charge in [0.25, 0.3) is 10.6 Å². The molecule has 1 aliphatic rings. The molecule has 0 bridgehead atoms. The number of anilines is 1. The number of hydrogen-bond acceptors (Lipinski definition) is 5. The van der Waals surface area contributed by atoms with Crippen LogP contribution >= 0.6 is 34.4 Å². The van der Waals surface area contributed by atoms with Crippen LogP contribution in [0.2, 0.25) is 0 Å². The number of rotatable bonds is 3. The van der Waals surface area contributed by atoms with Gasteiger partial charge in [0.1, 0.15) is 22.2 Å². The summed E-state index contributed by atoms with van der Waals surface area (Å²) in [6, 6.07) is 13.1. The Labute approximate surface area is 196 Å². The van der Waals surface area contributed by atoms with Crippen LogP contribution in [0.3, 0.4) is 0 Å². The Morgan fingerprint density at radius 1 is 1.12 bits per heavy atom. The van der Waals surface area contributed by atoms with Gasteiger partial charge in [-0.3, -0.25) is 9.36 Å². The monoisotopic (exact) mass is 482 g/mol. The minimum absolute atomic E-state index is 0.0126. The Balaban J connectivity index is 1.59. The molecule has 0 saturated heterocycles. The van der Waals surface area contributed by atoms with Gasteiger partial charge in [-0.25, -0.2) is 4.39 Å². The number of hydrogen-bond donors (Lipinski definition) is 0. The van der Waals surface area contributed by atoms with Crippen LogP contribution in [-0.4, -0.2) is 11.6 Å². The number of para-hydroxylation sites is 1. The predicted octanol–water partition coefficient (Wildman–Crippen LogP) is 3.80. The number of aryl methyl sites for hydroxylation is 1. The fourth-order valence-corrected chi connectivity index (χ4v) is 6.99. The maximum Gasteiger partial charge on any atom is 0.269 e. The number of thioether (sulfide) groups is 1. The SMILES string of the molecule is CCn1c(=Cc2sc3ccc(F)cc3[n+]2C)sc(=CC=C2Sc3ccccc3N2C)c1=O. The van der Waals surface area contributed by atoms with Gasteiger partial charge >= 0.3 is 0 Å². The van der Waals surface area contributed by atoms with Gasteiger partial charge in [-0.2, -0.15) is 4.57 Å². The van der Waals surface area contributed by atoms with Crippen LogP contribution in [0.1, 0.15) is 11.9 Å². The summed E-state index contributed by atoms with van der Waals surface area (Å²) in [4.78, 5) is 16.4. The quantitative estimate of drug-likeness (QED) is 0.416. The molecule has 2 aromatic heterocycles. The minimum atomic E-state index is -0.249. The van der Waals surface area contributed by atoms with Crippen LogP contribution in [0.5, 0.6) is 0 Å². The van der Waals surface area contributed by atoms with Gasteiger partial charge in [0.2, 0.25) is 5.52 Å². The van der Waals surface area contributed by atoms with Crippen molar-refractivity contribution < 1.29 is 8.96 Å². The van der Waals surface area contributed by atoms with E-state index in [1.165, 1.54) is 28.0 Å². The molecule has 0 amide bonds. The number of halogens is 1. The molecular weight excluding hydrogens is 461 g/mol. The zero-order chi connectivity index (χ0) is 22.4. The second-order valence-electron chi connectivity index (χ2n) is 7.41. The maximum atomic E-state index is 13.7. The van der Waals surface area contributed by atoms with Gasteiger partial charge < -0.3 is 4.90 Å². The van der Waals surface area contributed by atoms with Crippen molar-refractivity contribution in [2.45, 2.75) is 18.4 Å². The average Bonchev–Trinajstić information content (AvgIpc) is 3.39. The van der Waals surface area contributed by atoms with E-state index in [9.17, 15) is 9.18 Å². The molecule has 0 radical (unpaired) electrons. The molecule has 0 unspecified atom stereocenters. The van der Waals surface area contributed by atoms with E-state index in [0.29, 0.717) is 11.1 Å². The van der Waals surface area contributed by atoms with E-state index in [2.05, 4.69) is 17.0 Å². The molecule has 2 aromatic carbocycles. The summed E-state index contributed by atoms with van der Waals surface area (Å²) in [6.07, 6.45) is 5.96. The lowest BCUT2D eigenvalue weighted by Crippen LogP contribution is -2.32. The molecule has 0 fully saturated rings. The average molecular weight is 483 g/mol. The number of nitrogens with zero attached hydrogens (tertiary/aromatic N) is 3. The highest BCUT2D eigenvalue weighted by atomic mass is 32.2. The van der Waals surface area contributed by atoms with E-state index in [-0.39, 0.29) is 11.4 Å². The second kappa shape index (κ2) is 8.35. The summed E-state index contributed by atoms with van der Waals surface area (Å²) >= 11 is 4.78. The van der Waals surface area contributed by atoms with Gasteiger partial charge in [0.05, 0.1) is 21.3 Å². The molecule has 162 valence electrons. The first-order valence-corrected chi connectivity index (χ1v) is 12.6. The Kier molecular flexibility index (Phi) is 5.53. The fraction of sp³-hybridized carbons (Fsp3) is 0.167. The summed E-state index contributed by atoms with van der Waals surface area (Å²) in [5, 5.41) is 2.06. The van der Waals surface area contributed by atoms with E-state index in [1.807, 2.05) is 55.9 Å². The number of allylic oxidation sites excluding steroid dienone is 1. The van der Waals surface area contributed by atoms with Crippen LogP contribution < -0.4 is 24.2 Å². The first kappa shape index (κ1) is 21.2. The molecule has 0 N–H and O–H groups in total. The van der Waals surface area contributed by atoms with E-state index >= 15 is 0 Å². The van der Waals surface area contributed by atoms with E-state index in [1.54, 1.807) is 39.8 Å². The molecule has 1 aliphatic heterocycles. The summed E-state index contributed by atoms with van der Waals surface area (Å²) < 4.78 is 20.0. The van der Waals surface area contributed by atoms with Crippen LogP contribution in [0.4, 0.5) is 10.1 Å². The zero-order valence-corrected chi connectivity index (χ0v) is 20.3. The number of benzene rings is 2. The summed E-state index contributed by atoms with van der Waals surface area (Å²) in [5.41, 5.74) is 2.04. The molecule has 8 heteroatoms. The van der Waals surface area contributed by atoms with Gasteiger partial charge in [0, 0.05) is 24.6 Å². The van der Waals surface area contributed by atoms with Crippen LogP contribution in [0.25, 0.3) is 22.4 Å². The summed E-state index contributed by atoms with van der Waals surface area (Å²) in [6.45, 7) is 2.57. The van der Waals surface area contributed by atoms with Crippen molar-refractivity contribution in [3.8, 4) is 0 Å². The van der Waals surface area contributed by atoms with Crippen LogP contribution in [0.15, 0.2) is 63.3 Å². The lowest BCUT2D eigenvalue weighted by molar-refractivity contribution is -0.642. The standard InChI is InChI=1S/C24H21FN3OS3/c1-4-28-23(14-22-27(3)17-13-15(25)9-10-19(17)31-22)32-20(24(28)29)11-12-21-26(2)16-7-5-6-8-18(16)30-21/h5-14H,4H2,1-3H3/q+1. The Morgan fingerprint density at radius 2 is 1.94 bits per heavy atom. The van der Waals surface area contributed by atoms with Gasteiger partial charge in [-0.1, -0.05) is 35.2 Å². The first-order chi connectivity index (χ1) is 15.5. The number of aromatic nitrogens is 2. The highest BCUT2D eigenvalue weighted by molar-refractivity contribution is 8.03. The Hall–Kier alpha value is -2.68. The van der Waals surface area contributed by atoms with Gasteiger partial charge in [-0.05, 0) is 43.3 Å². The smallest absolute Gasteiger partial charge is 0.269 e. The van der Waals surface area contributed by atoms with Crippen LogP contribution in [-0.2, 0) is 13.6 Å². The minimum Gasteiger partial charge on any atom is -0.338 e. The summed E-state index contributed by atoms with van der Waals surface area (Å²) in [5.74, 6) is -0.249. The normalized spacial score (nSPS) is 16.0. The van der Waals surface area contributed by atoms with Crippen molar-refractivity contribution in [1.82, 2.24) is 4.57 Å². The third-order valence-corrected chi connectivity index (χ3v) is 8.90. The molecule has 4 nitrogen and oxygen atoms in total. The topological polar surface area (TPSA) is 29.1 Å². The van der Waals surface area contributed by atoms with Crippen LogP contribution in [0, 0.1) is 5.82 Å². The first-order valence-electron chi connectivity index (χ1n) is 10.2. The molecule has 4 aromatic rings. The molecule has 3 heterocycles. The molecular formula is C24H21FN3OS3+. The van der Waals surface area contributed by atoms with Crippen molar-refractivity contribution in [2.24, 2.45) is 7.05 Å². The molecule has 5 rings (SSSR count). The number of thiazole rings is 2. The molecule has 0 saturated carbocycles. The fourth-order valence-electron chi connectivity index (χ4n) is 3.74. The lowest BCUT2D eigenvalue weighted by atomic mass is 10.3. The predicted molar refractivity (Wildman–Crippen MR) is 133 cm³/mol. The van der Waals surface area contributed by atoms with Crippen molar-refractivity contribution >= 4 is 62.5 Å². The third-order valence-electron chi connectivity index (χ3n) is 5.48. The summed E-state index contributed by atoms with van der Waals surface area (Å²) in [7, 11) is 3.97. The van der Waals surface area contributed by atoms with Gasteiger partial charge in [0.15, 0.2) is 0 Å². The maximum absolute atomic E-state index is 13.7.